The number of carbonyl (C=O) groups excluding carboxylic acids is 3. The number of anilines is 1. The van der Waals surface area contributed by atoms with Gasteiger partial charge in [-0.15, -0.1) is 0 Å². The highest BCUT2D eigenvalue weighted by molar-refractivity contribution is 8.14. The third kappa shape index (κ3) is 6.12. The van der Waals surface area contributed by atoms with E-state index in [0.717, 1.165) is 5.56 Å². The zero-order valence-corrected chi connectivity index (χ0v) is 22.5. The van der Waals surface area contributed by atoms with Crippen molar-refractivity contribution in [3.05, 3.63) is 83.8 Å². The summed E-state index contributed by atoms with van der Waals surface area (Å²) in [7, 11) is 0. The van der Waals surface area contributed by atoms with Crippen molar-refractivity contribution in [1.82, 2.24) is 10.2 Å². The van der Waals surface area contributed by atoms with Crippen molar-refractivity contribution < 1.29 is 18.8 Å². The maximum absolute atomic E-state index is 13.4. The molecule has 9 nitrogen and oxygen atoms in total. The van der Waals surface area contributed by atoms with Crippen LogP contribution in [0.3, 0.4) is 0 Å². The number of benzene rings is 2. The third-order valence-corrected chi connectivity index (χ3v) is 7.36. The van der Waals surface area contributed by atoms with E-state index < -0.39 is 6.04 Å². The topological polar surface area (TPSA) is 116 Å². The quantitative estimate of drug-likeness (QED) is 0.401. The van der Waals surface area contributed by atoms with Crippen molar-refractivity contribution in [2.75, 3.05) is 11.1 Å². The lowest BCUT2D eigenvalue weighted by atomic mass is 10.0. The first-order valence-electron chi connectivity index (χ1n) is 12.8. The second-order valence-electron chi connectivity index (χ2n) is 9.56. The molecular formula is C29H29N5O4S. The molecule has 0 saturated heterocycles. The Hall–Kier alpha value is -4.18. The summed E-state index contributed by atoms with van der Waals surface area (Å²) in [5, 5.41) is 6.09. The summed E-state index contributed by atoms with van der Waals surface area (Å²) in [5.41, 5.74) is 3.34. The third-order valence-electron chi connectivity index (χ3n) is 6.43. The van der Waals surface area contributed by atoms with Crippen molar-refractivity contribution in [3.63, 3.8) is 0 Å². The van der Waals surface area contributed by atoms with Gasteiger partial charge in [0.15, 0.2) is 5.17 Å². The fourth-order valence-electron chi connectivity index (χ4n) is 4.32. The van der Waals surface area contributed by atoms with E-state index in [-0.39, 0.29) is 42.9 Å². The van der Waals surface area contributed by atoms with Gasteiger partial charge in [-0.3, -0.25) is 19.4 Å². The number of hydrogen-bond acceptors (Lipinski definition) is 7. The number of amidine groups is 2. The molecule has 2 aliphatic rings. The van der Waals surface area contributed by atoms with Crippen LogP contribution in [0.15, 0.2) is 81.3 Å². The number of fused-ring (bicyclic) bond motifs is 3. The summed E-state index contributed by atoms with van der Waals surface area (Å²) in [5.74, 6) is 0.993. The van der Waals surface area contributed by atoms with E-state index in [1.54, 1.807) is 18.4 Å². The first-order chi connectivity index (χ1) is 18.9. The van der Waals surface area contributed by atoms with Crippen molar-refractivity contribution in [2.24, 2.45) is 9.98 Å². The minimum atomic E-state index is -0.709. The Morgan fingerprint density at radius 2 is 1.85 bits per heavy atom. The molecule has 2 N–H and O–H groups in total. The smallest absolute Gasteiger partial charge is 0.259 e. The maximum Gasteiger partial charge on any atom is 0.259 e. The lowest BCUT2D eigenvalue weighted by Gasteiger charge is -2.25. The van der Waals surface area contributed by atoms with E-state index in [4.69, 9.17) is 4.42 Å². The predicted octanol–water partition coefficient (Wildman–Crippen LogP) is 4.83. The first-order valence-corrected chi connectivity index (χ1v) is 13.8. The fraction of sp³-hybridized carbons (Fsp3) is 0.276. The Balaban J connectivity index is 1.23. The Labute approximate surface area is 230 Å². The van der Waals surface area contributed by atoms with Gasteiger partial charge >= 0.3 is 0 Å². The maximum atomic E-state index is 13.4. The van der Waals surface area contributed by atoms with Gasteiger partial charge in [0.05, 0.1) is 24.2 Å². The number of nitrogens with one attached hydrogen (secondary N) is 2. The number of para-hydroxylation sites is 1. The monoisotopic (exact) mass is 543 g/mol. The van der Waals surface area contributed by atoms with Gasteiger partial charge in [0.25, 0.3) is 5.91 Å². The van der Waals surface area contributed by atoms with E-state index in [9.17, 15) is 14.4 Å². The molecule has 3 aromatic rings. The molecule has 0 aliphatic carbocycles. The van der Waals surface area contributed by atoms with Crippen LogP contribution in [-0.2, 0) is 20.9 Å². The van der Waals surface area contributed by atoms with Crippen LogP contribution in [0.5, 0.6) is 0 Å². The van der Waals surface area contributed by atoms with E-state index in [1.165, 1.54) is 22.2 Å². The number of amides is 3. The summed E-state index contributed by atoms with van der Waals surface area (Å²) < 4.78 is 5.23. The van der Waals surface area contributed by atoms with Gasteiger partial charge in [-0.05, 0) is 54.3 Å². The van der Waals surface area contributed by atoms with Crippen LogP contribution in [0.2, 0.25) is 0 Å². The van der Waals surface area contributed by atoms with Crippen LogP contribution in [-0.4, -0.2) is 45.4 Å². The van der Waals surface area contributed by atoms with E-state index in [2.05, 4.69) is 34.5 Å². The highest BCUT2D eigenvalue weighted by atomic mass is 32.2. The number of aliphatic imine (C=N–C) groups is 2. The summed E-state index contributed by atoms with van der Waals surface area (Å²) in [6.45, 7) is 4.52. The highest BCUT2D eigenvalue weighted by Gasteiger charge is 2.41. The molecule has 3 amide bonds. The van der Waals surface area contributed by atoms with Gasteiger partial charge in [0.2, 0.25) is 11.8 Å². The normalized spacial score (nSPS) is 15.9. The standard InChI is InChI=1S/C29H29N5O4S/c1-18(2)19-9-11-20(12-10-19)31-26(36)17-39-29-33-23-8-4-3-7-22(23)27-32-24(28(37)34(27)29)13-14-25(35)30-16-21-6-5-15-38-21/h3-12,15,18,24H,13-14,16-17H2,1-2H3,(H,30,35)(H,31,36)/t24-/m1/s1. The molecule has 10 heteroatoms. The number of nitrogens with zero attached hydrogens (tertiary/aromatic N) is 3. The molecule has 0 unspecified atom stereocenters. The molecule has 0 radical (unpaired) electrons. The molecule has 2 aliphatic heterocycles. The molecule has 39 heavy (non-hydrogen) atoms. The average molecular weight is 544 g/mol. The van der Waals surface area contributed by atoms with Crippen LogP contribution in [0, 0.1) is 0 Å². The van der Waals surface area contributed by atoms with Crippen molar-refractivity contribution >= 4 is 51.9 Å². The van der Waals surface area contributed by atoms with Crippen molar-refractivity contribution in [3.8, 4) is 0 Å². The Morgan fingerprint density at radius 3 is 2.59 bits per heavy atom. The minimum absolute atomic E-state index is 0.0733. The van der Waals surface area contributed by atoms with Gasteiger partial charge in [0, 0.05) is 17.7 Å². The molecule has 5 rings (SSSR count). The molecule has 200 valence electrons. The van der Waals surface area contributed by atoms with Crippen LogP contribution in [0.1, 0.15) is 49.5 Å². The molecular weight excluding hydrogens is 514 g/mol. The van der Waals surface area contributed by atoms with E-state index in [0.29, 0.717) is 34.1 Å². The van der Waals surface area contributed by atoms with Gasteiger partial charge in [-0.25, -0.2) is 9.89 Å². The van der Waals surface area contributed by atoms with Crippen molar-refractivity contribution in [2.45, 2.75) is 45.2 Å². The largest absolute Gasteiger partial charge is 0.467 e. The second-order valence-corrected chi connectivity index (χ2v) is 10.5. The molecule has 0 spiro atoms. The molecule has 0 fully saturated rings. The molecule has 3 heterocycles. The van der Waals surface area contributed by atoms with Crippen LogP contribution >= 0.6 is 11.8 Å². The predicted molar refractivity (Wildman–Crippen MR) is 152 cm³/mol. The zero-order valence-electron chi connectivity index (χ0n) is 21.7. The Morgan fingerprint density at radius 1 is 1.05 bits per heavy atom. The molecule has 1 atom stereocenters. The number of hydrogen-bond donors (Lipinski definition) is 2. The summed E-state index contributed by atoms with van der Waals surface area (Å²) in [6, 6.07) is 18.1. The Bertz CT molecular complexity index is 1430. The van der Waals surface area contributed by atoms with Gasteiger partial charge in [0.1, 0.15) is 17.6 Å². The van der Waals surface area contributed by atoms with E-state index in [1.807, 2.05) is 48.5 Å². The zero-order chi connectivity index (χ0) is 27.4. The van der Waals surface area contributed by atoms with Gasteiger partial charge in [-0.2, -0.15) is 0 Å². The van der Waals surface area contributed by atoms with Crippen molar-refractivity contribution in [1.29, 1.82) is 0 Å². The first kappa shape index (κ1) is 26.4. The summed E-state index contributed by atoms with van der Waals surface area (Å²) in [6.07, 6.45) is 1.95. The summed E-state index contributed by atoms with van der Waals surface area (Å²) in [4.78, 5) is 49.3. The molecule has 1 aromatic heterocycles. The number of rotatable bonds is 9. The van der Waals surface area contributed by atoms with E-state index >= 15 is 0 Å². The van der Waals surface area contributed by atoms with Crippen LogP contribution in [0.25, 0.3) is 0 Å². The molecule has 0 saturated carbocycles. The second kappa shape index (κ2) is 11.7. The Kier molecular flexibility index (Phi) is 7.92. The number of thioether (sulfide) groups is 1. The average Bonchev–Trinajstić information content (AvgIpc) is 3.58. The summed E-state index contributed by atoms with van der Waals surface area (Å²) >= 11 is 1.18. The fourth-order valence-corrected chi connectivity index (χ4v) is 5.12. The van der Waals surface area contributed by atoms with Gasteiger partial charge in [-0.1, -0.05) is 49.9 Å². The van der Waals surface area contributed by atoms with Crippen LogP contribution in [0.4, 0.5) is 11.4 Å². The highest BCUT2D eigenvalue weighted by Crippen LogP contribution is 2.34. The lowest BCUT2D eigenvalue weighted by Crippen LogP contribution is -2.41. The minimum Gasteiger partial charge on any atom is -0.467 e. The molecule has 0 bridgehead atoms. The van der Waals surface area contributed by atoms with Crippen LogP contribution < -0.4 is 10.6 Å². The number of carbonyl (C=O) groups is 3. The van der Waals surface area contributed by atoms with Gasteiger partial charge < -0.3 is 15.1 Å². The lowest BCUT2D eigenvalue weighted by molar-refractivity contribution is -0.125. The molecule has 2 aromatic carbocycles. The number of furan rings is 1. The SMILES string of the molecule is CC(C)c1ccc(NC(=O)CSC2=Nc3ccccc3C3=N[C@H](CCC(=O)NCc4ccco4)C(=O)N23)cc1.